The lowest BCUT2D eigenvalue weighted by Crippen LogP contribution is -2.57. The van der Waals surface area contributed by atoms with Crippen molar-refractivity contribution in [1.82, 2.24) is 4.31 Å². The normalized spacial score (nSPS) is 26.6. The summed E-state index contributed by atoms with van der Waals surface area (Å²) in [6.45, 7) is -0.169. The number of carbonyl (C=O) groups is 1. The number of benzene rings is 2. The van der Waals surface area contributed by atoms with Crippen molar-refractivity contribution >= 4 is 21.6 Å². The number of ether oxygens (including phenoxy) is 2. The van der Waals surface area contributed by atoms with Gasteiger partial charge in [-0.2, -0.15) is 4.31 Å². The molecule has 2 aliphatic heterocycles. The summed E-state index contributed by atoms with van der Waals surface area (Å²) in [7, 11) is -4.09. The van der Waals surface area contributed by atoms with Gasteiger partial charge in [-0.15, -0.1) is 0 Å². The number of hydrogen-bond acceptors (Lipinski definition) is 6. The van der Waals surface area contributed by atoms with Crippen LogP contribution in [0.25, 0.3) is 0 Å². The number of rotatable bonds is 5. The second-order valence-corrected chi connectivity index (χ2v) is 10.2. The van der Waals surface area contributed by atoms with Gasteiger partial charge >= 0.3 is 0 Å². The summed E-state index contributed by atoms with van der Waals surface area (Å²) >= 11 is 0. The molecule has 0 unspecified atom stereocenters. The van der Waals surface area contributed by atoms with Crippen LogP contribution in [0.1, 0.15) is 19.3 Å². The van der Waals surface area contributed by atoms with Gasteiger partial charge < -0.3 is 19.9 Å². The summed E-state index contributed by atoms with van der Waals surface area (Å²) < 4.78 is 53.3. The lowest BCUT2D eigenvalue weighted by atomic mass is 9.96. The third-order valence-electron chi connectivity index (χ3n) is 5.81. The van der Waals surface area contributed by atoms with Gasteiger partial charge in [-0.25, -0.2) is 12.8 Å². The van der Waals surface area contributed by atoms with E-state index in [1.165, 1.54) is 22.5 Å². The van der Waals surface area contributed by atoms with Crippen molar-refractivity contribution in [3.05, 3.63) is 60.4 Å². The number of carbonyl (C=O) groups excluding carboxylic acids is 1. The maximum atomic E-state index is 13.7. The Morgan fingerprint density at radius 1 is 1.12 bits per heavy atom. The number of para-hydroxylation sites is 1. The van der Waals surface area contributed by atoms with E-state index in [2.05, 4.69) is 5.32 Å². The van der Waals surface area contributed by atoms with Crippen molar-refractivity contribution in [3.8, 4) is 0 Å². The molecule has 8 nitrogen and oxygen atoms in total. The van der Waals surface area contributed by atoms with Crippen molar-refractivity contribution in [2.45, 2.75) is 48.5 Å². The zero-order valence-corrected chi connectivity index (χ0v) is 18.8. The van der Waals surface area contributed by atoms with Crippen LogP contribution in [0.4, 0.5) is 10.1 Å². The molecule has 1 amide bonds. The molecule has 0 bridgehead atoms. The van der Waals surface area contributed by atoms with E-state index in [4.69, 9.17) is 9.47 Å². The summed E-state index contributed by atoms with van der Waals surface area (Å²) in [5, 5.41) is 13.1. The summed E-state index contributed by atoms with van der Waals surface area (Å²) in [6.07, 6.45) is -1.06. The molecule has 2 heterocycles. The number of amides is 1. The molecule has 10 heteroatoms. The fourth-order valence-corrected chi connectivity index (χ4v) is 6.02. The zero-order valence-electron chi connectivity index (χ0n) is 18.0. The Morgan fingerprint density at radius 3 is 2.67 bits per heavy atom. The Labute approximate surface area is 192 Å². The molecule has 2 fully saturated rings. The van der Waals surface area contributed by atoms with Crippen LogP contribution in [0.2, 0.25) is 0 Å². The van der Waals surface area contributed by atoms with E-state index in [0.29, 0.717) is 18.5 Å². The summed E-state index contributed by atoms with van der Waals surface area (Å²) in [5.41, 5.74) is 0.687. The van der Waals surface area contributed by atoms with Gasteiger partial charge in [0, 0.05) is 12.2 Å². The minimum absolute atomic E-state index is 0.0547. The standard InChI is InChI=1S/C23H27FN2O6S/c24-16-5-4-8-20(11-16)33(29,30)26-13-18(27)14-31-15-22-21(26)10-9-19(32-22)12-23(28)25-17-6-2-1-3-7-17/h1-8,11,18-19,21-22,27H,9-10,12-15H2,(H,25,28)/t18-,19+,21-,22+/m1/s1. The molecule has 2 aromatic rings. The number of nitrogens with one attached hydrogen (secondary N) is 1. The Balaban J connectivity index is 1.49. The molecule has 0 aromatic heterocycles. The Morgan fingerprint density at radius 2 is 1.91 bits per heavy atom. The highest BCUT2D eigenvalue weighted by Gasteiger charge is 2.43. The molecule has 2 aliphatic rings. The average Bonchev–Trinajstić information content (AvgIpc) is 2.77. The Kier molecular flexibility index (Phi) is 7.40. The molecular weight excluding hydrogens is 451 g/mol. The number of fused-ring (bicyclic) bond motifs is 1. The van der Waals surface area contributed by atoms with Crippen LogP contribution in [0.5, 0.6) is 0 Å². The van der Waals surface area contributed by atoms with E-state index >= 15 is 0 Å². The smallest absolute Gasteiger partial charge is 0.243 e. The molecule has 4 atom stereocenters. The Hall–Kier alpha value is -2.37. The molecule has 0 saturated carbocycles. The molecule has 2 N–H and O–H groups in total. The van der Waals surface area contributed by atoms with Crippen molar-refractivity contribution in [3.63, 3.8) is 0 Å². The van der Waals surface area contributed by atoms with E-state index in [-0.39, 0.29) is 37.0 Å². The number of nitrogens with zero attached hydrogens (tertiary/aromatic N) is 1. The molecular formula is C23H27FN2O6S. The monoisotopic (exact) mass is 478 g/mol. The molecule has 0 aliphatic carbocycles. The fourth-order valence-electron chi connectivity index (χ4n) is 4.27. The SMILES string of the molecule is O=C(C[C@@H]1CC[C@@H]2[C@H](COC[C@H](O)CN2S(=O)(=O)c2cccc(F)c2)O1)Nc1ccccc1. The van der Waals surface area contributed by atoms with Crippen LogP contribution < -0.4 is 5.32 Å². The molecule has 2 saturated heterocycles. The molecule has 33 heavy (non-hydrogen) atoms. The lowest BCUT2D eigenvalue weighted by Gasteiger charge is -2.43. The summed E-state index contributed by atoms with van der Waals surface area (Å²) in [6, 6.07) is 13.3. The number of hydrogen-bond donors (Lipinski definition) is 2. The predicted molar refractivity (Wildman–Crippen MR) is 118 cm³/mol. The highest BCUT2D eigenvalue weighted by atomic mass is 32.2. The highest BCUT2D eigenvalue weighted by Crippen LogP contribution is 2.31. The number of β-amino-alcohol motifs (C(OH)–C–C–N with tert-alkyl or cyclic N) is 1. The van der Waals surface area contributed by atoms with Crippen molar-refractivity contribution in [2.75, 3.05) is 25.1 Å². The van der Waals surface area contributed by atoms with Gasteiger partial charge in [0.25, 0.3) is 0 Å². The van der Waals surface area contributed by atoms with E-state index in [1.807, 2.05) is 18.2 Å². The lowest BCUT2D eigenvalue weighted by molar-refractivity contribution is -0.144. The van der Waals surface area contributed by atoms with Gasteiger partial charge in [-0.3, -0.25) is 4.79 Å². The van der Waals surface area contributed by atoms with Crippen molar-refractivity contribution in [1.29, 1.82) is 0 Å². The molecule has 4 rings (SSSR count). The molecule has 2 aromatic carbocycles. The summed E-state index contributed by atoms with van der Waals surface area (Å²) in [5.74, 6) is -0.857. The first-order valence-electron chi connectivity index (χ1n) is 10.9. The van der Waals surface area contributed by atoms with E-state index < -0.39 is 40.2 Å². The fraction of sp³-hybridized carbons (Fsp3) is 0.435. The predicted octanol–water partition coefficient (Wildman–Crippen LogP) is 2.15. The van der Waals surface area contributed by atoms with Crippen LogP contribution >= 0.6 is 0 Å². The number of anilines is 1. The topological polar surface area (TPSA) is 105 Å². The van der Waals surface area contributed by atoms with E-state index in [0.717, 1.165) is 6.07 Å². The van der Waals surface area contributed by atoms with Crippen molar-refractivity contribution < 1.29 is 32.2 Å². The number of halogens is 1. The molecule has 0 radical (unpaired) electrons. The van der Waals surface area contributed by atoms with E-state index in [9.17, 15) is 22.7 Å². The van der Waals surface area contributed by atoms with Crippen LogP contribution in [0, 0.1) is 5.82 Å². The van der Waals surface area contributed by atoms with Gasteiger partial charge in [0.15, 0.2) is 0 Å². The maximum Gasteiger partial charge on any atom is 0.243 e. The third kappa shape index (κ3) is 5.77. The van der Waals surface area contributed by atoms with Crippen LogP contribution in [0.3, 0.4) is 0 Å². The van der Waals surface area contributed by atoms with Crippen LogP contribution in [0.15, 0.2) is 59.5 Å². The van der Waals surface area contributed by atoms with Gasteiger partial charge in [-0.1, -0.05) is 24.3 Å². The average molecular weight is 479 g/mol. The van der Waals surface area contributed by atoms with Gasteiger partial charge in [0.1, 0.15) is 5.82 Å². The first-order chi connectivity index (χ1) is 15.8. The van der Waals surface area contributed by atoms with Crippen LogP contribution in [-0.4, -0.2) is 67.8 Å². The molecule has 178 valence electrons. The van der Waals surface area contributed by atoms with Crippen molar-refractivity contribution in [2.24, 2.45) is 0 Å². The van der Waals surface area contributed by atoms with Gasteiger partial charge in [-0.05, 0) is 43.2 Å². The van der Waals surface area contributed by atoms with Gasteiger partial charge in [0.2, 0.25) is 15.9 Å². The second-order valence-electron chi connectivity index (χ2n) is 8.28. The van der Waals surface area contributed by atoms with Gasteiger partial charge in [0.05, 0.1) is 48.9 Å². The number of aliphatic hydroxyl groups is 1. The Bertz CT molecular complexity index is 1070. The first-order valence-corrected chi connectivity index (χ1v) is 12.3. The minimum atomic E-state index is -4.09. The third-order valence-corrected chi connectivity index (χ3v) is 7.69. The van der Waals surface area contributed by atoms with E-state index in [1.54, 1.807) is 12.1 Å². The quantitative estimate of drug-likeness (QED) is 0.682. The molecule has 0 spiro atoms. The summed E-state index contributed by atoms with van der Waals surface area (Å²) in [4.78, 5) is 12.3. The maximum absolute atomic E-state index is 13.7. The zero-order chi connectivity index (χ0) is 23.4. The largest absolute Gasteiger partial charge is 0.389 e. The number of aliphatic hydroxyl groups excluding tert-OH is 1. The number of sulfonamides is 1. The van der Waals surface area contributed by atoms with Crippen LogP contribution in [-0.2, 0) is 24.3 Å². The second kappa shape index (κ2) is 10.3. The highest BCUT2D eigenvalue weighted by molar-refractivity contribution is 7.89. The minimum Gasteiger partial charge on any atom is -0.389 e. The first kappa shape index (κ1) is 23.8.